The number of rotatable bonds is 4. The lowest BCUT2D eigenvalue weighted by molar-refractivity contribution is 0.376. The lowest BCUT2D eigenvalue weighted by atomic mass is 10.0. The maximum Gasteiger partial charge on any atom is 0.244 e. The molecule has 7 heteroatoms. The molecule has 0 radical (unpaired) electrons. The first-order valence-corrected chi connectivity index (χ1v) is 8.10. The van der Waals surface area contributed by atoms with Crippen molar-refractivity contribution in [3.8, 4) is 0 Å². The second kappa shape index (κ2) is 5.60. The van der Waals surface area contributed by atoms with Crippen LogP contribution in [-0.4, -0.2) is 37.8 Å². The normalized spacial score (nSPS) is 20.7. The summed E-state index contributed by atoms with van der Waals surface area (Å²) in [4.78, 5) is 0.318. The quantitative estimate of drug-likeness (QED) is 0.835. The van der Waals surface area contributed by atoms with Gasteiger partial charge in [0.05, 0.1) is 11.4 Å². The van der Waals surface area contributed by atoms with Crippen LogP contribution < -0.4 is 10.0 Å². The summed E-state index contributed by atoms with van der Waals surface area (Å²) in [6, 6.07) is 0. The van der Waals surface area contributed by atoms with Gasteiger partial charge in [0, 0.05) is 13.6 Å². The van der Waals surface area contributed by atoms with Gasteiger partial charge in [0.2, 0.25) is 10.0 Å². The molecule has 1 aromatic rings. The van der Waals surface area contributed by atoms with E-state index in [1.54, 1.807) is 25.6 Å². The monoisotopic (exact) mass is 286 g/mol. The summed E-state index contributed by atoms with van der Waals surface area (Å²) in [6.45, 7) is 5.90. The molecule has 108 valence electrons. The Bertz CT molecular complexity index is 544. The Kier molecular flexibility index (Phi) is 4.27. The van der Waals surface area contributed by atoms with E-state index < -0.39 is 10.0 Å². The molecule has 1 aliphatic rings. The lowest BCUT2D eigenvalue weighted by Gasteiger charge is -2.22. The molecule has 0 saturated carbocycles. The number of aromatic nitrogens is 2. The third kappa shape index (κ3) is 3.16. The van der Waals surface area contributed by atoms with Crippen molar-refractivity contribution >= 4 is 10.0 Å². The maximum atomic E-state index is 12.3. The number of aryl methyl sites for hydroxylation is 2. The molecule has 0 aromatic carbocycles. The van der Waals surface area contributed by atoms with Crippen molar-refractivity contribution in [3.05, 3.63) is 11.4 Å². The van der Waals surface area contributed by atoms with Gasteiger partial charge in [0.15, 0.2) is 0 Å². The van der Waals surface area contributed by atoms with E-state index in [2.05, 4.69) is 15.1 Å². The minimum absolute atomic E-state index is 0.318. The zero-order valence-corrected chi connectivity index (χ0v) is 12.5. The lowest BCUT2D eigenvalue weighted by Crippen LogP contribution is -2.38. The zero-order valence-electron chi connectivity index (χ0n) is 11.7. The van der Waals surface area contributed by atoms with Crippen molar-refractivity contribution < 1.29 is 8.42 Å². The van der Waals surface area contributed by atoms with Gasteiger partial charge in [-0.3, -0.25) is 4.68 Å². The van der Waals surface area contributed by atoms with Crippen molar-refractivity contribution in [2.75, 3.05) is 19.6 Å². The van der Waals surface area contributed by atoms with Crippen LogP contribution in [0.1, 0.15) is 24.2 Å². The number of hydrogen-bond acceptors (Lipinski definition) is 4. The first kappa shape index (κ1) is 14.5. The van der Waals surface area contributed by atoms with Crippen LogP contribution in [0.4, 0.5) is 0 Å². The molecule has 6 nitrogen and oxygen atoms in total. The van der Waals surface area contributed by atoms with Crippen molar-refractivity contribution in [2.45, 2.75) is 31.6 Å². The van der Waals surface area contributed by atoms with Gasteiger partial charge >= 0.3 is 0 Å². The Hall–Kier alpha value is -0.920. The van der Waals surface area contributed by atoms with Gasteiger partial charge in [-0.05, 0) is 45.7 Å². The Morgan fingerprint density at radius 3 is 2.74 bits per heavy atom. The third-order valence-electron chi connectivity index (χ3n) is 3.67. The highest BCUT2D eigenvalue weighted by Gasteiger charge is 2.24. The van der Waals surface area contributed by atoms with E-state index in [9.17, 15) is 8.42 Å². The van der Waals surface area contributed by atoms with E-state index in [0.29, 0.717) is 28.7 Å². The molecule has 0 spiro atoms. The highest BCUT2D eigenvalue weighted by Crippen LogP contribution is 2.19. The largest absolute Gasteiger partial charge is 0.316 e. The number of nitrogens with one attached hydrogen (secondary N) is 2. The zero-order chi connectivity index (χ0) is 14.0. The predicted molar refractivity (Wildman–Crippen MR) is 73.5 cm³/mol. The van der Waals surface area contributed by atoms with E-state index in [1.165, 1.54) is 0 Å². The first-order valence-electron chi connectivity index (χ1n) is 6.62. The molecule has 19 heavy (non-hydrogen) atoms. The van der Waals surface area contributed by atoms with Gasteiger partial charge in [-0.15, -0.1) is 0 Å². The molecule has 1 aliphatic heterocycles. The fourth-order valence-corrected chi connectivity index (χ4v) is 4.09. The van der Waals surface area contributed by atoms with Crippen LogP contribution in [-0.2, 0) is 17.1 Å². The van der Waals surface area contributed by atoms with Crippen LogP contribution >= 0.6 is 0 Å². The molecular weight excluding hydrogens is 264 g/mol. The first-order chi connectivity index (χ1) is 8.92. The summed E-state index contributed by atoms with van der Waals surface area (Å²) in [5.41, 5.74) is 1.22. The molecule has 1 atom stereocenters. The molecule has 2 N–H and O–H groups in total. The van der Waals surface area contributed by atoms with Crippen LogP contribution in [0.2, 0.25) is 0 Å². The van der Waals surface area contributed by atoms with Crippen molar-refractivity contribution in [1.29, 1.82) is 0 Å². The average Bonchev–Trinajstić information content (AvgIpc) is 2.63. The Balaban J connectivity index is 2.09. The summed E-state index contributed by atoms with van der Waals surface area (Å²) in [5, 5.41) is 7.44. The van der Waals surface area contributed by atoms with Crippen molar-refractivity contribution in [3.63, 3.8) is 0 Å². The minimum atomic E-state index is -3.46. The minimum Gasteiger partial charge on any atom is -0.316 e. The highest BCUT2D eigenvalue weighted by atomic mass is 32.2. The van der Waals surface area contributed by atoms with Crippen LogP contribution in [0.15, 0.2) is 4.90 Å². The number of nitrogens with zero attached hydrogens (tertiary/aromatic N) is 2. The molecule has 0 bridgehead atoms. The fraction of sp³-hybridized carbons (Fsp3) is 0.750. The molecule has 1 aromatic heterocycles. The number of hydrogen-bond donors (Lipinski definition) is 2. The van der Waals surface area contributed by atoms with E-state index in [0.717, 1.165) is 25.9 Å². The summed E-state index contributed by atoms with van der Waals surface area (Å²) in [7, 11) is -1.70. The van der Waals surface area contributed by atoms with Crippen LogP contribution in [0, 0.1) is 19.8 Å². The Morgan fingerprint density at radius 2 is 2.21 bits per heavy atom. The summed E-state index contributed by atoms with van der Waals surface area (Å²) in [6.07, 6.45) is 2.18. The van der Waals surface area contributed by atoms with Crippen LogP contribution in [0.3, 0.4) is 0 Å². The summed E-state index contributed by atoms with van der Waals surface area (Å²) >= 11 is 0. The predicted octanol–water partition coefficient (Wildman–Crippen LogP) is 0.315. The third-order valence-corrected chi connectivity index (χ3v) is 5.35. The topological polar surface area (TPSA) is 76.0 Å². The highest BCUT2D eigenvalue weighted by molar-refractivity contribution is 7.89. The number of sulfonamides is 1. The average molecular weight is 286 g/mol. The fourth-order valence-electron chi connectivity index (χ4n) is 2.54. The van der Waals surface area contributed by atoms with Crippen LogP contribution in [0.5, 0.6) is 0 Å². The van der Waals surface area contributed by atoms with E-state index in [1.807, 2.05) is 0 Å². The van der Waals surface area contributed by atoms with Gasteiger partial charge in [0.1, 0.15) is 4.90 Å². The molecular formula is C12H22N4O2S. The van der Waals surface area contributed by atoms with Gasteiger partial charge in [-0.25, -0.2) is 13.1 Å². The Morgan fingerprint density at radius 1 is 1.47 bits per heavy atom. The van der Waals surface area contributed by atoms with Crippen molar-refractivity contribution in [2.24, 2.45) is 13.0 Å². The van der Waals surface area contributed by atoms with Gasteiger partial charge in [-0.2, -0.15) is 5.10 Å². The van der Waals surface area contributed by atoms with Crippen molar-refractivity contribution in [1.82, 2.24) is 19.8 Å². The Labute approximate surface area is 114 Å². The molecule has 1 unspecified atom stereocenters. The smallest absolute Gasteiger partial charge is 0.244 e. The summed E-state index contributed by atoms with van der Waals surface area (Å²) in [5.74, 6) is 0.376. The standard InChI is InChI=1S/C12H22N4O2S/c1-9-12(10(2)16(3)15-9)19(17,18)14-8-11-5-4-6-13-7-11/h11,13-14H,4-8H2,1-3H3. The van der Waals surface area contributed by atoms with Gasteiger partial charge in [0.25, 0.3) is 0 Å². The van der Waals surface area contributed by atoms with Crippen LogP contribution in [0.25, 0.3) is 0 Å². The maximum absolute atomic E-state index is 12.3. The molecule has 2 heterocycles. The van der Waals surface area contributed by atoms with Gasteiger partial charge < -0.3 is 5.32 Å². The van der Waals surface area contributed by atoms with Gasteiger partial charge in [-0.1, -0.05) is 0 Å². The number of piperidine rings is 1. The second-order valence-corrected chi connectivity index (χ2v) is 6.89. The van der Waals surface area contributed by atoms with E-state index >= 15 is 0 Å². The summed E-state index contributed by atoms with van der Waals surface area (Å²) < 4.78 is 29.0. The SMILES string of the molecule is Cc1nn(C)c(C)c1S(=O)(=O)NCC1CCCNC1. The van der Waals surface area contributed by atoms with E-state index in [-0.39, 0.29) is 0 Å². The second-order valence-electron chi connectivity index (χ2n) is 5.19. The molecule has 2 rings (SSSR count). The molecule has 1 saturated heterocycles. The molecule has 0 amide bonds. The molecule has 1 fully saturated rings. The van der Waals surface area contributed by atoms with E-state index in [4.69, 9.17) is 0 Å². The molecule has 0 aliphatic carbocycles.